The molecule has 0 bridgehead atoms. The monoisotopic (exact) mass is 296 g/mol. The SMILES string of the molecule is CNC(C1CCCc2cccnc21)C(C)(C)S(C)(=O)=O. The Hall–Kier alpha value is -0.940. The van der Waals surface area contributed by atoms with Crippen LogP contribution in [0.1, 0.15) is 43.9 Å². The van der Waals surface area contributed by atoms with Gasteiger partial charge < -0.3 is 5.32 Å². The van der Waals surface area contributed by atoms with Gasteiger partial charge in [0.25, 0.3) is 0 Å². The van der Waals surface area contributed by atoms with E-state index >= 15 is 0 Å². The van der Waals surface area contributed by atoms with Crippen LogP contribution in [0.5, 0.6) is 0 Å². The number of rotatable bonds is 4. The zero-order valence-electron chi connectivity index (χ0n) is 12.7. The van der Waals surface area contributed by atoms with Crippen LogP contribution >= 0.6 is 0 Å². The molecule has 0 saturated heterocycles. The highest BCUT2D eigenvalue weighted by atomic mass is 32.2. The number of sulfone groups is 1. The molecule has 0 radical (unpaired) electrons. The largest absolute Gasteiger partial charge is 0.315 e. The van der Waals surface area contributed by atoms with Gasteiger partial charge in [0.2, 0.25) is 0 Å². The van der Waals surface area contributed by atoms with E-state index < -0.39 is 14.6 Å². The smallest absolute Gasteiger partial charge is 0.154 e. The minimum Gasteiger partial charge on any atom is -0.315 e. The summed E-state index contributed by atoms with van der Waals surface area (Å²) in [6.45, 7) is 3.61. The van der Waals surface area contributed by atoms with Gasteiger partial charge in [0.05, 0.1) is 4.75 Å². The van der Waals surface area contributed by atoms with Crippen LogP contribution in [0.25, 0.3) is 0 Å². The van der Waals surface area contributed by atoms with E-state index in [4.69, 9.17) is 0 Å². The molecule has 1 aromatic rings. The van der Waals surface area contributed by atoms with E-state index in [2.05, 4.69) is 16.4 Å². The molecule has 0 spiro atoms. The summed E-state index contributed by atoms with van der Waals surface area (Å²) in [5.41, 5.74) is 2.32. The maximum atomic E-state index is 12.1. The highest BCUT2D eigenvalue weighted by molar-refractivity contribution is 7.92. The molecule has 2 unspecified atom stereocenters. The molecule has 1 heterocycles. The Bertz CT molecular complexity index is 581. The summed E-state index contributed by atoms with van der Waals surface area (Å²) in [7, 11) is -1.31. The average molecular weight is 296 g/mol. The quantitative estimate of drug-likeness (QED) is 0.922. The first-order valence-electron chi connectivity index (χ1n) is 7.09. The number of nitrogens with zero attached hydrogens (tertiary/aromatic N) is 1. The van der Waals surface area contributed by atoms with Crippen molar-refractivity contribution in [2.24, 2.45) is 0 Å². The van der Waals surface area contributed by atoms with E-state index in [1.165, 1.54) is 11.8 Å². The highest BCUT2D eigenvalue weighted by Crippen LogP contribution is 2.38. The number of hydrogen-bond acceptors (Lipinski definition) is 4. The summed E-state index contributed by atoms with van der Waals surface area (Å²) in [5.74, 6) is 0.148. The van der Waals surface area contributed by atoms with Crippen molar-refractivity contribution >= 4 is 9.84 Å². The zero-order chi connectivity index (χ0) is 15.0. The van der Waals surface area contributed by atoms with E-state index in [0.717, 1.165) is 25.0 Å². The van der Waals surface area contributed by atoms with Gasteiger partial charge in [-0.05, 0) is 51.8 Å². The molecule has 0 aliphatic heterocycles. The molecule has 0 aromatic carbocycles. The van der Waals surface area contributed by atoms with Crippen LogP contribution in [0, 0.1) is 0 Å². The van der Waals surface area contributed by atoms with Crippen molar-refractivity contribution < 1.29 is 8.42 Å². The number of aromatic nitrogens is 1. The third-order valence-corrected chi connectivity index (χ3v) is 6.82. The van der Waals surface area contributed by atoms with Gasteiger partial charge in [-0.2, -0.15) is 0 Å². The van der Waals surface area contributed by atoms with Crippen molar-refractivity contribution in [3.05, 3.63) is 29.6 Å². The maximum Gasteiger partial charge on any atom is 0.154 e. The molecule has 20 heavy (non-hydrogen) atoms. The first-order chi connectivity index (χ1) is 9.29. The molecule has 4 nitrogen and oxygen atoms in total. The third-order valence-electron chi connectivity index (χ3n) is 4.66. The van der Waals surface area contributed by atoms with E-state index in [1.54, 1.807) is 20.0 Å². The van der Waals surface area contributed by atoms with Crippen molar-refractivity contribution in [2.45, 2.75) is 49.8 Å². The fourth-order valence-electron chi connectivity index (χ4n) is 3.23. The number of pyridine rings is 1. The Morgan fingerprint density at radius 1 is 1.45 bits per heavy atom. The van der Waals surface area contributed by atoms with Crippen LogP contribution in [-0.4, -0.2) is 37.5 Å². The number of likely N-dealkylation sites (N-methyl/N-ethyl adjacent to an activating group) is 1. The molecular formula is C15H24N2O2S. The van der Waals surface area contributed by atoms with Gasteiger partial charge in [0, 0.05) is 30.1 Å². The van der Waals surface area contributed by atoms with Crippen LogP contribution in [-0.2, 0) is 16.3 Å². The first kappa shape index (κ1) is 15.4. The molecule has 5 heteroatoms. The summed E-state index contributed by atoms with van der Waals surface area (Å²) in [6.07, 6.45) is 6.22. The van der Waals surface area contributed by atoms with E-state index in [0.29, 0.717) is 0 Å². The molecule has 0 amide bonds. The van der Waals surface area contributed by atoms with Crippen LogP contribution < -0.4 is 5.32 Å². The predicted molar refractivity (Wildman–Crippen MR) is 81.7 cm³/mol. The predicted octanol–water partition coefficient (Wildman–Crippen LogP) is 1.91. The minimum absolute atomic E-state index is 0.133. The lowest BCUT2D eigenvalue weighted by atomic mass is 9.78. The zero-order valence-corrected chi connectivity index (χ0v) is 13.5. The van der Waals surface area contributed by atoms with Crippen LogP contribution in [0.15, 0.2) is 18.3 Å². The molecule has 1 N–H and O–H groups in total. The standard InChI is InChI=1S/C15H24N2O2S/c1-15(2,20(4,18)19)14(16-3)12-9-5-7-11-8-6-10-17-13(11)12/h6,8,10,12,14,16H,5,7,9H2,1-4H3. The Labute approximate surface area is 121 Å². The summed E-state index contributed by atoms with van der Waals surface area (Å²) >= 11 is 0. The number of nitrogens with one attached hydrogen (secondary N) is 1. The van der Waals surface area contributed by atoms with Gasteiger partial charge in [-0.25, -0.2) is 8.42 Å². The Kier molecular flexibility index (Phi) is 4.21. The lowest BCUT2D eigenvalue weighted by Crippen LogP contribution is -2.54. The van der Waals surface area contributed by atoms with Crippen LogP contribution in [0.3, 0.4) is 0 Å². The lowest BCUT2D eigenvalue weighted by molar-refractivity contribution is 0.340. The second-order valence-corrected chi connectivity index (χ2v) is 8.78. The molecule has 0 saturated carbocycles. The summed E-state index contributed by atoms with van der Waals surface area (Å²) < 4.78 is 23.5. The molecular weight excluding hydrogens is 272 g/mol. The fourth-order valence-corrected chi connectivity index (χ4v) is 3.98. The minimum atomic E-state index is -3.16. The Morgan fingerprint density at radius 2 is 2.15 bits per heavy atom. The topological polar surface area (TPSA) is 59.1 Å². The van der Waals surface area contributed by atoms with E-state index in [9.17, 15) is 8.42 Å². The summed E-state index contributed by atoms with van der Waals surface area (Å²) in [4.78, 5) is 4.53. The maximum absolute atomic E-state index is 12.1. The molecule has 0 fully saturated rings. The van der Waals surface area contributed by atoms with Crippen molar-refractivity contribution in [2.75, 3.05) is 13.3 Å². The van der Waals surface area contributed by atoms with Crippen molar-refractivity contribution in [3.63, 3.8) is 0 Å². The number of fused-ring (bicyclic) bond motifs is 1. The molecule has 2 rings (SSSR count). The van der Waals surface area contributed by atoms with Gasteiger partial charge in [-0.15, -0.1) is 0 Å². The summed E-state index contributed by atoms with van der Waals surface area (Å²) in [5, 5.41) is 3.24. The molecule has 1 aromatic heterocycles. The van der Waals surface area contributed by atoms with Crippen molar-refractivity contribution in [3.8, 4) is 0 Å². The second-order valence-electron chi connectivity index (χ2n) is 6.19. The Balaban J connectivity index is 2.45. The summed E-state index contributed by atoms with van der Waals surface area (Å²) in [6, 6.07) is 3.93. The molecule has 1 aliphatic rings. The van der Waals surface area contributed by atoms with Crippen molar-refractivity contribution in [1.29, 1.82) is 0 Å². The van der Waals surface area contributed by atoms with Crippen LogP contribution in [0.4, 0.5) is 0 Å². The van der Waals surface area contributed by atoms with Gasteiger partial charge >= 0.3 is 0 Å². The average Bonchev–Trinajstić information content (AvgIpc) is 2.38. The molecule has 2 atom stereocenters. The van der Waals surface area contributed by atoms with Crippen molar-refractivity contribution in [1.82, 2.24) is 10.3 Å². The third kappa shape index (κ3) is 2.61. The van der Waals surface area contributed by atoms with Gasteiger partial charge in [0.15, 0.2) is 9.84 Å². The Morgan fingerprint density at radius 3 is 2.75 bits per heavy atom. The lowest BCUT2D eigenvalue weighted by Gasteiger charge is -2.40. The second kappa shape index (κ2) is 5.45. The van der Waals surface area contributed by atoms with Gasteiger partial charge in [0.1, 0.15) is 0 Å². The number of hydrogen-bond donors (Lipinski definition) is 1. The molecule has 112 valence electrons. The van der Waals surface area contributed by atoms with E-state index in [-0.39, 0.29) is 12.0 Å². The number of aryl methyl sites for hydroxylation is 1. The van der Waals surface area contributed by atoms with Crippen LogP contribution in [0.2, 0.25) is 0 Å². The van der Waals surface area contributed by atoms with Gasteiger partial charge in [-0.1, -0.05) is 6.07 Å². The van der Waals surface area contributed by atoms with Gasteiger partial charge in [-0.3, -0.25) is 4.98 Å². The molecule has 1 aliphatic carbocycles. The first-order valence-corrected chi connectivity index (χ1v) is 8.99. The highest BCUT2D eigenvalue weighted by Gasteiger charge is 2.44. The normalized spacial score (nSPS) is 21.3. The van der Waals surface area contributed by atoms with E-state index in [1.807, 2.05) is 13.1 Å². The fraction of sp³-hybridized carbons (Fsp3) is 0.667.